The van der Waals surface area contributed by atoms with E-state index in [1.54, 1.807) is 0 Å². The van der Waals surface area contributed by atoms with Crippen molar-refractivity contribution in [2.75, 3.05) is 6.54 Å². The highest BCUT2D eigenvalue weighted by atomic mass is 16.5. The summed E-state index contributed by atoms with van der Waals surface area (Å²) in [6.45, 7) is 4.42. The van der Waals surface area contributed by atoms with E-state index >= 15 is 0 Å². The minimum Gasteiger partial charge on any atom is -0.488 e. The molecule has 4 nitrogen and oxygen atoms in total. The highest BCUT2D eigenvalue weighted by Crippen LogP contribution is 2.41. The Morgan fingerprint density at radius 1 is 0.971 bits per heavy atom. The Bertz CT molecular complexity index is 1400. The fourth-order valence-corrected chi connectivity index (χ4v) is 4.87. The molecular formula is C30H27NO3. The molecule has 4 aromatic carbocycles. The van der Waals surface area contributed by atoms with Crippen LogP contribution >= 0.6 is 0 Å². The van der Waals surface area contributed by atoms with Gasteiger partial charge in [0.1, 0.15) is 11.9 Å². The standard InChI is InChI=1S/C30H27NO3/c1-19-14-15-22(16-27(19)30(32)33)28-17-23(34-29-13-6-5-11-26(28)29)18-31-20(2)24-12-7-9-21-8-3-4-10-25(21)24/h3-16,23,28H,17-18H2,1-2H3,(H,32,33)/t23-,28+/m1/s1. The fraction of sp³-hybridized carbons (Fsp3) is 0.200. The average Bonchev–Trinajstić information content (AvgIpc) is 2.86. The van der Waals surface area contributed by atoms with Crippen molar-refractivity contribution in [3.8, 4) is 5.75 Å². The monoisotopic (exact) mass is 449 g/mol. The van der Waals surface area contributed by atoms with E-state index in [0.717, 1.165) is 40.1 Å². The lowest BCUT2D eigenvalue weighted by molar-refractivity contribution is 0.0696. The Kier molecular flexibility index (Phi) is 5.89. The van der Waals surface area contributed by atoms with Gasteiger partial charge in [-0.05, 0) is 54.3 Å². The molecule has 0 aromatic heterocycles. The molecule has 0 unspecified atom stereocenters. The smallest absolute Gasteiger partial charge is 0.335 e. The van der Waals surface area contributed by atoms with Gasteiger partial charge >= 0.3 is 5.97 Å². The van der Waals surface area contributed by atoms with Crippen LogP contribution < -0.4 is 4.74 Å². The van der Waals surface area contributed by atoms with Gasteiger partial charge in [0.05, 0.1) is 12.1 Å². The molecule has 4 heteroatoms. The summed E-state index contributed by atoms with van der Waals surface area (Å²) in [5.41, 5.74) is 5.33. The Balaban J connectivity index is 1.45. The quantitative estimate of drug-likeness (QED) is 0.348. The number of ether oxygens (including phenoxy) is 1. The second-order valence-electron chi connectivity index (χ2n) is 8.90. The summed E-state index contributed by atoms with van der Waals surface area (Å²) in [5, 5.41) is 12.0. The van der Waals surface area contributed by atoms with Crippen molar-refractivity contribution in [1.82, 2.24) is 0 Å². The number of carboxylic acid groups (broad SMARTS) is 1. The molecule has 0 radical (unpaired) electrons. The van der Waals surface area contributed by atoms with Crippen LogP contribution in [0.2, 0.25) is 0 Å². The van der Waals surface area contributed by atoms with E-state index in [1.165, 1.54) is 10.8 Å². The van der Waals surface area contributed by atoms with Gasteiger partial charge in [-0.2, -0.15) is 0 Å². The van der Waals surface area contributed by atoms with Crippen LogP contribution in [-0.4, -0.2) is 29.4 Å². The number of aromatic carboxylic acids is 1. The van der Waals surface area contributed by atoms with Crippen molar-refractivity contribution >= 4 is 22.5 Å². The number of aryl methyl sites for hydroxylation is 1. The summed E-state index contributed by atoms with van der Waals surface area (Å²) < 4.78 is 6.34. The number of hydrogen-bond acceptors (Lipinski definition) is 3. The highest BCUT2D eigenvalue weighted by molar-refractivity contribution is 6.09. The molecule has 0 amide bonds. The van der Waals surface area contributed by atoms with E-state index in [1.807, 2.05) is 49.4 Å². The third-order valence-electron chi connectivity index (χ3n) is 6.69. The third kappa shape index (κ3) is 4.19. The first-order valence-corrected chi connectivity index (χ1v) is 11.6. The van der Waals surface area contributed by atoms with E-state index in [-0.39, 0.29) is 12.0 Å². The lowest BCUT2D eigenvalue weighted by Crippen LogP contribution is -2.29. The van der Waals surface area contributed by atoms with Gasteiger partial charge in [-0.3, -0.25) is 4.99 Å². The van der Waals surface area contributed by atoms with E-state index in [9.17, 15) is 9.90 Å². The zero-order chi connectivity index (χ0) is 23.7. The second-order valence-corrected chi connectivity index (χ2v) is 8.90. The lowest BCUT2D eigenvalue weighted by atomic mass is 9.83. The third-order valence-corrected chi connectivity index (χ3v) is 6.69. The number of para-hydroxylation sites is 1. The van der Waals surface area contributed by atoms with Gasteiger partial charge in [-0.15, -0.1) is 0 Å². The van der Waals surface area contributed by atoms with Crippen LogP contribution in [0.4, 0.5) is 0 Å². The minimum atomic E-state index is -0.897. The molecule has 0 spiro atoms. The largest absolute Gasteiger partial charge is 0.488 e. The summed E-state index contributed by atoms with van der Waals surface area (Å²) in [5.74, 6) is 0.00693. The maximum absolute atomic E-state index is 11.7. The van der Waals surface area contributed by atoms with Crippen LogP contribution in [0.3, 0.4) is 0 Å². The van der Waals surface area contributed by atoms with Crippen molar-refractivity contribution in [2.24, 2.45) is 4.99 Å². The zero-order valence-corrected chi connectivity index (χ0v) is 19.4. The Hall–Kier alpha value is -3.92. The maximum atomic E-state index is 11.7. The van der Waals surface area contributed by atoms with Crippen LogP contribution in [0.25, 0.3) is 10.8 Å². The first-order valence-electron chi connectivity index (χ1n) is 11.6. The van der Waals surface area contributed by atoms with Gasteiger partial charge in [0.15, 0.2) is 0 Å². The fourth-order valence-electron chi connectivity index (χ4n) is 4.87. The first kappa shape index (κ1) is 21.9. The van der Waals surface area contributed by atoms with Crippen LogP contribution in [0.1, 0.15) is 51.9 Å². The number of benzene rings is 4. The maximum Gasteiger partial charge on any atom is 0.335 e. The molecule has 34 heavy (non-hydrogen) atoms. The number of carboxylic acids is 1. The van der Waals surface area contributed by atoms with Gasteiger partial charge in [-0.25, -0.2) is 4.79 Å². The Morgan fingerprint density at radius 3 is 2.59 bits per heavy atom. The molecule has 1 aliphatic rings. The van der Waals surface area contributed by atoms with E-state index in [0.29, 0.717) is 12.1 Å². The van der Waals surface area contributed by atoms with E-state index in [4.69, 9.17) is 9.73 Å². The SMILES string of the molecule is CC(=NC[C@H]1C[C@@H](c2ccc(C)c(C(=O)O)c2)c2ccccc2O1)c1cccc2ccccc12. The number of carbonyl (C=O) groups is 1. The molecule has 0 bridgehead atoms. The molecule has 5 rings (SSSR count). The van der Waals surface area contributed by atoms with Crippen LogP contribution in [0.15, 0.2) is 89.9 Å². The molecule has 1 heterocycles. The second kappa shape index (κ2) is 9.14. The number of rotatable bonds is 5. The van der Waals surface area contributed by atoms with Crippen LogP contribution in [-0.2, 0) is 0 Å². The molecule has 0 saturated carbocycles. The normalized spacial score (nSPS) is 17.8. The van der Waals surface area contributed by atoms with Gasteiger partial charge in [-0.1, -0.05) is 72.8 Å². The van der Waals surface area contributed by atoms with Crippen LogP contribution in [0.5, 0.6) is 5.75 Å². The highest BCUT2D eigenvalue weighted by Gasteiger charge is 2.30. The van der Waals surface area contributed by atoms with Crippen molar-refractivity contribution in [3.05, 3.63) is 113 Å². The van der Waals surface area contributed by atoms with Gasteiger partial charge < -0.3 is 9.84 Å². The number of nitrogens with zero attached hydrogens (tertiary/aromatic N) is 1. The molecule has 0 aliphatic carbocycles. The topological polar surface area (TPSA) is 58.9 Å². The molecular weight excluding hydrogens is 422 g/mol. The van der Waals surface area contributed by atoms with Gasteiger partial charge in [0, 0.05) is 22.8 Å². The van der Waals surface area contributed by atoms with E-state index < -0.39 is 5.97 Å². The molecule has 4 aromatic rings. The summed E-state index contributed by atoms with van der Waals surface area (Å²) in [7, 11) is 0. The molecule has 0 saturated heterocycles. The van der Waals surface area contributed by atoms with Crippen molar-refractivity contribution in [2.45, 2.75) is 32.3 Å². The zero-order valence-electron chi connectivity index (χ0n) is 19.4. The Morgan fingerprint density at radius 2 is 1.74 bits per heavy atom. The number of hydrogen-bond donors (Lipinski definition) is 1. The minimum absolute atomic E-state index is 0.0571. The number of fused-ring (bicyclic) bond motifs is 2. The summed E-state index contributed by atoms with van der Waals surface area (Å²) >= 11 is 0. The van der Waals surface area contributed by atoms with Crippen molar-refractivity contribution in [1.29, 1.82) is 0 Å². The van der Waals surface area contributed by atoms with Gasteiger partial charge in [0.2, 0.25) is 0 Å². The predicted octanol–water partition coefficient (Wildman–Crippen LogP) is 6.64. The number of aliphatic imine (C=N–C) groups is 1. The summed E-state index contributed by atoms with van der Waals surface area (Å²) in [4.78, 5) is 16.7. The summed E-state index contributed by atoms with van der Waals surface area (Å²) in [6, 6.07) is 28.4. The van der Waals surface area contributed by atoms with E-state index in [2.05, 4.69) is 49.4 Å². The summed E-state index contributed by atoms with van der Waals surface area (Å²) in [6.07, 6.45) is 0.644. The lowest BCUT2D eigenvalue weighted by Gasteiger charge is -2.32. The molecule has 170 valence electrons. The van der Waals surface area contributed by atoms with Crippen LogP contribution in [0, 0.1) is 6.92 Å². The van der Waals surface area contributed by atoms with Crippen molar-refractivity contribution < 1.29 is 14.6 Å². The van der Waals surface area contributed by atoms with Crippen molar-refractivity contribution in [3.63, 3.8) is 0 Å². The molecule has 1 N–H and O–H groups in total. The molecule has 0 fully saturated rings. The first-order chi connectivity index (χ1) is 16.5. The van der Waals surface area contributed by atoms with Gasteiger partial charge in [0.25, 0.3) is 0 Å². The molecule has 2 atom stereocenters. The Labute approximate surface area is 199 Å². The average molecular weight is 450 g/mol. The predicted molar refractivity (Wildman–Crippen MR) is 136 cm³/mol. The molecule has 1 aliphatic heterocycles.